The number of carbonyl (C=O) groups excluding carboxylic acids is 1. The summed E-state index contributed by atoms with van der Waals surface area (Å²) in [7, 11) is -3.68. The number of hydrogen-bond donors (Lipinski definition) is 0. The molecule has 2 heterocycles. The first-order valence-corrected chi connectivity index (χ1v) is 12.3. The molecule has 0 bridgehead atoms. The predicted octanol–water partition coefficient (Wildman–Crippen LogP) is 2.32. The maximum Gasteiger partial charge on any atom is 0.243 e. The zero-order chi connectivity index (χ0) is 22.6. The molecule has 9 heteroatoms. The minimum atomic E-state index is -3.68. The van der Waals surface area contributed by atoms with Gasteiger partial charge in [-0.3, -0.25) is 4.79 Å². The van der Waals surface area contributed by atoms with E-state index in [4.69, 9.17) is 14.2 Å². The van der Waals surface area contributed by atoms with E-state index in [2.05, 4.69) is 0 Å². The number of amides is 1. The summed E-state index contributed by atoms with van der Waals surface area (Å²) in [6.45, 7) is 4.79. The van der Waals surface area contributed by atoms with Crippen LogP contribution in [0.4, 0.5) is 0 Å². The molecule has 2 aromatic carbocycles. The number of fused-ring (bicyclic) bond motifs is 1. The van der Waals surface area contributed by atoms with Gasteiger partial charge < -0.3 is 19.1 Å². The number of piperazine rings is 1. The van der Waals surface area contributed by atoms with Crippen molar-refractivity contribution < 1.29 is 27.4 Å². The highest BCUT2D eigenvalue weighted by Crippen LogP contribution is 2.33. The quantitative estimate of drug-likeness (QED) is 0.658. The molecule has 172 valence electrons. The lowest BCUT2D eigenvalue weighted by atomic mass is 10.1. The zero-order valence-electron chi connectivity index (χ0n) is 18.2. The van der Waals surface area contributed by atoms with Crippen molar-refractivity contribution in [3.63, 3.8) is 0 Å². The van der Waals surface area contributed by atoms with Crippen LogP contribution in [-0.4, -0.2) is 69.5 Å². The first-order valence-electron chi connectivity index (χ1n) is 10.9. The summed E-state index contributed by atoms with van der Waals surface area (Å²) in [6.07, 6.45) is 1.03. The highest BCUT2D eigenvalue weighted by atomic mass is 32.2. The molecule has 1 saturated heterocycles. The summed E-state index contributed by atoms with van der Waals surface area (Å²) in [5.41, 5.74) is 0.903. The van der Waals surface area contributed by atoms with Gasteiger partial charge in [-0.1, -0.05) is 12.1 Å². The van der Waals surface area contributed by atoms with Crippen molar-refractivity contribution in [2.45, 2.75) is 24.7 Å². The number of hydrogen-bond acceptors (Lipinski definition) is 6. The van der Waals surface area contributed by atoms with E-state index in [1.54, 1.807) is 17.0 Å². The fraction of sp³-hybridized carbons (Fsp3) is 0.435. The molecule has 1 fully saturated rings. The average molecular weight is 461 g/mol. The SMILES string of the molecule is CCOc1ccc(CC(=O)N2CCN(S(=O)(=O)c3ccc4c(c3)OCCCO4)CC2)cc1. The van der Waals surface area contributed by atoms with Crippen LogP contribution in [0.5, 0.6) is 17.2 Å². The Morgan fingerprint density at radius 2 is 1.66 bits per heavy atom. The third kappa shape index (κ3) is 4.99. The first kappa shape index (κ1) is 22.4. The van der Waals surface area contributed by atoms with E-state index in [1.165, 1.54) is 10.4 Å². The van der Waals surface area contributed by atoms with Gasteiger partial charge in [-0.25, -0.2) is 8.42 Å². The van der Waals surface area contributed by atoms with Crippen LogP contribution in [-0.2, 0) is 21.2 Å². The first-order chi connectivity index (χ1) is 15.5. The molecule has 0 aromatic heterocycles. The number of ether oxygens (including phenoxy) is 3. The van der Waals surface area contributed by atoms with E-state index >= 15 is 0 Å². The molecule has 0 N–H and O–H groups in total. The van der Waals surface area contributed by atoms with Crippen molar-refractivity contribution in [1.29, 1.82) is 0 Å². The molecule has 4 rings (SSSR count). The average Bonchev–Trinajstić information content (AvgIpc) is 3.05. The van der Waals surface area contributed by atoms with E-state index in [0.717, 1.165) is 17.7 Å². The summed E-state index contributed by atoms with van der Waals surface area (Å²) >= 11 is 0. The fourth-order valence-corrected chi connectivity index (χ4v) is 5.23. The molecule has 0 unspecified atom stereocenters. The second kappa shape index (κ2) is 9.79. The number of nitrogens with zero attached hydrogens (tertiary/aromatic N) is 2. The van der Waals surface area contributed by atoms with Gasteiger partial charge in [0.2, 0.25) is 15.9 Å². The summed E-state index contributed by atoms with van der Waals surface area (Å²) in [5.74, 6) is 1.78. The van der Waals surface area contributed by atoms with Crippen LogP contribution in [0.1, 0.15) is 18.9 Å². The zero-order valence-corrected chi connectivity index (χ0v) is 19.0. The van der Waals surface area contributed by atoms with E-state index in [1.807, 2.05) is 31.2 Å². The van der Waals surface area contributed by atoms with Crippen LogP contribution < -0.4 is 14.2 Å². The van der Waals surface area contributed by atoms with Crippen molar-refractivity contribution >= 4 is 15.9 Å². The molecule has 1 amide bonds. The van der Waals surface area contributed by atoms with Gasteiger partial charge in [0.25, 0.3) is 0 Å². The Morgan fingerprint density at radius 1 is 0.969 bits per heavy atom. The molecule has 0 radical (unpaired) electrons. The topological polar surface area (TPSA) is 85.4 Å². The van der Waals surface area contributed by atoms with Crippen LogP contribution in [0, 0.1) is 0 Å². The van der Waals surface area contributed by atoms with Crippen molar-refractivity contribution in [1.82, 2.24) is 9.21 Å². The van der Waals surface area contributed by atoms with Crippen molar-refractivity contribution in [3.8, 4) is 17.2 Å². The fourth-order valence-electron chi connectivity index (χ4n) is 3.79. The predicted molar refractivity (Wildman–Crippen MR) is 119 cm³/mol. The summed E-state index contributed by atoms with van der Waals surface area (Å²) in [5, 5.41) is 0. The Morgan fingerprint density at radius 3 is 2.34 bits per heavy atom. The maximum absolute atomic E-state index is 13.1. The van der Waals surface area contributed by atoms with Crippen LogP contribution in [0.15, 0.2) is 47.4 Å². The number of rotatable bonds is 6. The summed E-state index contributed by atoms with van der Waals surface area (Å²) in [6, 6.07) is 12.2. The lowest BCUT2D eigenvalue weighted by Gasteiger charge is -2.34. The third-order valence-corrected chi connectivity index (χ3v) is 7.43. The Balaban J connectivity index is 1.36. The molecule has 2 aliphatic rings. The number of sulfonamides is 1. The van der Waals surface area contributed by atoms with Gasteiger partial charge in [-0.2, -0.15) is 4.31 Å². The van der Waals surface area contributed by atoms with E-state index in [9.17, 15) is 13.2 Å². The Labute approximate surface area is 188 Å². The number of benzene rings is 2. The van der Waals surface area contributed by atoms with Crippen LogP contribution >= 0.6 is 0 Å². The lowest BCUT2D eigenvalue weighted by molar-refractivity contribution is -0.131. The van der Waals surface area contributed by atoms with Gasteiger partial charge in [0.1, 0.15) is 5.75 Å². The Hall–Kier alpha value is -2.78. The monoisotopic (exact) mass is 460 g/mol. The van der Waals surface area contributed by atoms with Gasteiger partial charge in [0.15, 0.2) is 11.5 Å². The Bertz CT molecular complexity index is 1050. The molecular formula is C23H28N2O6S. The molecule has 2 aliphatic heterocycles. The Kier molecular flexibility index (Phi) is 6.86. The molecule has 32 heavy (non-hydrogen) atoms. The van der Waals surface area contributed by atoms with Gasteiger partial charge in [0, 0.05) is 38.7 Å². The van der Waals surface area contributed by atoms with Crippen molar-refractivity contribution in [3.05, 3.63) is 48.0 Å². The number of carbonyl (C=O) groups is 1. The second-order valence-electron chi connectivity index (χ2n) is 7.70. The van der Waals surface area contributed by atoms with E-state index in [0.29, 0.717) is 44.4 Å². The van der Waals surface area contributed by atoms with Gasteiger partial charge in [-0.15, -0.1) is 0 Å². The normalized spacial score (nSPS) is 17.0. The highest BCUT2D eigenvalue weighted by molar-refractivity contribution is 7.89. The highest BCUT2D eigenvalue weighted by Gasteiger charge is 2.31. The van der Waals surface area contributed by atoms with Crippen LogP contribution in [0.3, 0.4) is 0 Å². The van der Waals surface area contributed by atoms with Crippen LogP contribution in [0.2, 0.25) is 0 Å². The van der Waals surface area contributed by atoms with E-state index < -0.39 is 10.0 Å². The largest absolute Gasteiger partial charge is 0.494 e. The van der Waals surface area contributed by atoms with Gasteiger partial charge in [-0.05, 0) is 36.8 Å². The summed E-state index contributed by atoms with van der Waals surface area (Å²) < 4.78 is 44.3. The van der Waals surface area contributed by atoms with Crippen molar-refractivity contribution in [2.24, 2.45) is 0 Å². The molecule has 0 spiro atoms. The smallest absolute Gasteiger partial charge is 0.243 e. The molecule has 2 aromatic rings. The molecule has 8 nitrogen and oxygen atoms in total. The van der Waals surface area contributed by atoms with Gasteiger partial charge >= 0.3 is 0 Å². The van der Waals surface area contributed by atoms with Crippen molar-refractivity contribution in [2.75, 3.05) is 46.0 Å². The molecular weight excluding hydrogens is 432 g/mol. The maximum atomic E-state index is 13.1. The molecule has 0 saturated carbocycles. The standard InChI is InChI=1S/C23H28N2O6S/c1-2-29-19-6-4-18(5-7-19)16-23(26)24-10-12-25(13-11-24)32(27,28)20-8-9-21-22(17-20)31-15-3-14-30-21/h4-9,17H,2-3,10-16H2,1H3. The van der Waals surface area contributed by atoms with E-state index in [-0.39, 0.29) is 30.3 Å². The summed E-state index contributed by atoms with van der Waals surface area (Å²) in [4.78, 5) is 14.6. The molecule has 0 aliphatic carbocycles. The lowest BCUT2D eigenvalue weighted by Crippen LogP contribution is -2.50. The minimum Gasteiger partial charge on any atom is -0.494 e. The second-order valence-corrected chi connectivity index (χ2v) is 9.64. The van der Waals surface area contributed by atoms with Gasteiger partial charge in [0.05, 0.1) is 31.1 Å². The third-order valence-electron chi connectivity index (χ3n) is 5.54. The minimum absolute atomic E-state index is 0.0122. The molecule has 0 atom stereocenters. The van der Waals surface area contributed by atoms with Crippen LogP contribution in [0.25, 0.3) is 0 Å².